The summed E-state index contributed by atoms with van der Waals surface area (Å²) in [6.45, 7) is 2.01. The molecule has 0 aliphatic heterocycles. The van der Waals surface area contributed by atoms with Gasteiger partial charge in [-0.15, -0.1) is 0 Å². The Labute approximate surface area is 79.9 Å². The predicted molar refractivity (Wildman–Crippen MR) is 51.9 cm³/mol. The Kier molecular flexibility index (Phi) is 1.88. The molecule has 2 aromatic rings. The molecule has 12 heavy (non-hydrogen) atoms. The third-order valence-electron chi connectivity index (χ3n) is 1.89. The normalized spacial score (nSPS) is 10.6. The first kappa shape index (κ1) is 7.79. The molecule has 1 aromatic carbocycles. The zero-order valence-electron chi connectivity index (χ0n) is 6.91. The maximum atomic E-state index is 4.45. The number of hydrogen-bond donors (Lipinski definition) is 0. The van der Waals surface area contributed by atoms with Gasteiger partial charge < -0.3 is 0 Å². The monoisotopic (exact) mass is 169 g/mol. The van der Waals surface area contributed by atoms with E-state index in [9.17, 15) is 0 Å². The number of para-hydroxylation sites is 1. The van der Waals surface area contributed by atoms with Gasteiger partial charge in [0.05, 0.1) is 0 Å². The van der Waals surface area contributed by atoms with Crippen molar-refractivity contribution in [1.82, 2.24) is 4.98 Å². The average Bonchev–Trinajstić information content (AvgIpc) is 2.07. The Balaban J connectivity index is 2.88. The van der Waals surface area contributed by atoms with Gasteiger partial charge in [0.2, 0.25) is 0 Å². The third kappa shape index (κ3) is 1.24. The number of pyridine rings is 1. The zero-order valence-corrected chi connectivity index (χ0v) is 8.07. The van der Waals surface area contributed by atoms with Crippen LogP contribution in [0.5, 0.6) is 0 Å². The van der Waals surface area contributed by atoms with E-state index in [0.717, 1.165) is 15.6 Å². The van der Waals surface area contributed by atoms with Crippen LogP contribution in [0.4, 0.5) is 0 Å². The van der Waals surface area contributed by atoms with Gasteiger partial charge in [-0.2, -0.15) is 0 Å². The van der Waals surface area contributed by atoms with Crippen LogP contribution in [0.2, 0.25) is 0 Å². The zero-order chi connectivity index (χ0) is 8.55. The van der Waals surface area contributed by atoms with Gasteiger partial charge in [-0.05, 0) is 0 Å². The number of hydrogen-bond acceptors (Lipinski definition) is 1. The number of rotatable bonds is 0. The van der Waals surface area contributed by atoms with Crippen molar-refractivity contribution in [3.63, 3.8) is 0 Å². The Morgan fingerprint density at radius 3 is 2.83 bits per heavy atom. The second-order valence-corrected chi connectivity index (χ2v) is 3.49. The molecule has 1 nitrogen and oxygen atoms in total. The molecule has 2 rings (SSSR count). The van der Waals surface area contributed by atoms with Gasteiger partial charge in [-0.3, -0.25) is 0 Å². The Hall–Kier alpha value is -0.838. The summed E-state index contributed by atoms with van der Waals surface area (Å²) >= 11 is 2.70. The van der Waals surface area contributed by atoms with E-state index < -0.39 is 0 Å². The fourth-order valence-electron chi connectivity index (χ4n) is 1.27. The fraction of sp³-hybridized carbons (Fsp3) is 0.100. The van der Waals surface area contributed by atoms with E-state index in [4.69, 9.17) is 0 Å². The van der Waals surface area contributed by atoms with Crippen molar-refractivity contribution in [2.75, 3.05) is 0 Å². The Morgan fingerprint density at radius 2 is 2.00 bits per heavy atom. The molecular weight excluding hydrogens is 161 g/mol. The van der Waals surface area contributed by atoms with Gasteiger partial charge in [0.25, 0.3) is 0 Å². The molecule has 0 saturated carbocycles. The average molecular weight is 169 g/mol. The topological polar surface area (TPSA) is 12.9 Å². The van der Waals surface area contributed by atoms with Crippen LogP contribution in [0.1, 0.15) is 5.69 Å². The predicted octanol–water partition coefficient (Wildman–Crippen LogP) is 1.34. The van der Waals surface area contributed by atoms with Crippen molar-refractivity contribution >= 4 is 31.6 Å². The van der Waals surface area contributed by atoms with E-state index in [1.54, 1.807) is 0 Å². The van der Waals surface area contributed by atoms with Gasteiger partial charge in [0.1, 0.15) is 0 Å². The van der Waals surface area contributed by atoms with Crippen molar-refractivity contribution in [3.05, 3.63) is 36.0 Å². The van der Waals surface area contributed by atoms with Gasteiger partial charge in [0, 0.05) is 0 Å². The molecule has 54 valence electrons. The standard InChI is InChI=1S/C10H8N.Al/c1-8-6-7-9-4-2-3-5-10(9)11-8;/h2-4,6-7H,1H3;/q;+2. The van der Waals surface area contributed by atoms with Crippen LogP contribution < -0.4 is 4.43 Å². The first-order chi connectivity index (χ1) is 5.77. The second kappa shape index (κ2) is 2.90. The van der Waals surface area contributed by atoms with Crippen molar-refractivity contribution < 1.29 is 0 Å². The third-order valence-corrected chi connectivity index (χ3v) is 2.36. The SMILES string of the molecule is Cc1ccc2ccc[c]([Al+2])c2n1. The number of aromatic nitrogens is 1. The Bertz CT molecular complexity index is 423. The minimum atomic E-state index is 1.07. The molecule has 0 radical (unpaired) electrons. The molecule has 0 aliphatic carbocycles. The van der Waals surface area contributed by atoms with E-state index in [1.165, 1.54) is 5.39 Å². The number of fused-ring (bicyclic) bond motifs is 1. The van der Waals surface area contributed by atoms with Gasteiger partial charge >= 0.3 is 79.6 Å². The molecule has 0 amide bonds. The van der Waals surface area contributed by atoms with Crippen molar-refractivity contribution in [2.45, 2.75) is 6.92 Å². The van der Waals surface area contributed by atoms with E-state index >= 15 is 0 Å². The summed E-state index contributed by atoms with van der Waals surface area (Å²) in [5.74, 6) is 0. The Morgan fingerprint density at radius 1 is 1.17 bits per heavy atom. The van der Waals surface area contributed by atoms with E-state index in [-0.39, 0.29) is 0 Å². The summed E-state index contributed by atoms with van der Waals surface area (Å²) in [4.78, 5) is 4.45. The van der Waals surface area contributed by atoms with Gasteiger partial charge in [0.15, 0.2) is 0 Å². The molecule has 0 N–H and O–H groups in total. The first-order valence-electron chi connectivity index (χ1n) is 3.89. The number of nitrogens with zero attached hydrogens (tertiary/aromatic N) is 1. The quantitative estimate of drug-likeness (QED) is 0.542. The van der Waals surface area contributed by atoms with Gasteiger partial charge in [-0.25, -0.2) is 0 Å². The first-order valence-corrected chi connectivity index (χ1v) is 4.47. The van der Waals surface area contributed by atoms with Crippen LogP contribution in [-0.4, -0.2) is 21.3 Å². The van der Waals surface area contributed by atoms with Crippen LogP contribution in [0.25, 0.3) is 10.9 Å². The molecule has 0 saturated heterocycles. The van der Waals surface area contributed by atoms with Crippen molar-refractivity contribution in [3.8, 4) is 0 Å². The molecule has 0 fully saturated rings. The molecule has 0 atom stereocenters. The molecule has 0 bridgehead atoms. The maximum absolute atomic E-state index is 4.45. The molecule has 1 aromatic heterocycles. The molecule has 1 heterocycles. The molecule has 0 unspecified atom stereocenters. The van der Waals surface area contributed by atoms with Crippen molar-refractivity contribution in [1.29, 1.82) is 0 Å². The summed E-state index contributed by atoms with van der Waals surface area (Å²) in [7, 11) is 0. The van der Waals surface area contributed by atoms with Crippen LogP contribution >= 0.6 is 0 Å². The van der Waals surface area contributed by atoms with Crippen LogP contribution in [0.3, 0.4) is 0 Å². The second-order valence-electron chi connectivity index (χ2n) is 2.87. The summed E-state index contributed by atoms with van der Waals surface area (Å²) in [6.07, 6.45) is 0. The molecule has 2 heteroatoms. The molecule has 0 spiro atoms. The summed E-state index contributed by atoms with van der Waals surface area (Å²) in [5, 5.41) is 1.20. The van der Waals surface area contributed by atoms with E-state index in [1.807, 2.05) is 19.1 Å². The summed E-state index contributed by atoms with van der Waals surface area (Å²) in [6, 6.07) is 10.3. The minimum absolute atomic E-state index is 1.07. The van der Waals surface area contributed by atoms with E-state index in [2.05, 4.69) is 39.5 Å². The number of aryl methyl sites for hydroxylation is 1. The van der Waals surface area contributed by atoms with Crippen LogP contribution in [0.15, 0.2) is 30.3 Å². The summed E-state index contributed by atoms with van der Waals surface area (Å²) in [5.41, 5.74) is 2.15. The fourth-order valence-corrected chi connectivity index (χ4v) is 1.61. The van der Waals surface area contributed by atoms with Crippen LogP contribution in [0, 0.1) is 6.92 Å². The van der Waals surface area contributed by atoms with Crippen LogP contribution in [-0.2, 0) is 0 Å². The number of benzene rings is 1. The molecular formula is C10H8AlN+2. The van der Waals surface area contributed by atoms with E-state index in [0.29, 0.717) is 0 Å². The summed E-state index contributed by atoms with van der Waals surface area (Å²) < 4.78 is 1.16. The van der Waals surface area contributed by atoms with Gasteiger partial charge in [-0.1, -0.05) is 0 Å². The van der Waals surface area contributed by atoms with Crippen molar-refractivity contribution in [2.24, 2.45) is 0 Å². The molecule has 0 aliphatic rings.